The van der Waals surface area contributed by atoms with Crippen molar-refractivity contribution in [1.82, 2.24) is 15.6 Å². The second kappa shape index (κ2) is 7.77. The molecule has 1 heterocycles. The van der Waals surface area contributed by atoms with Crippen LogP contribution in [0.15, 0.2) is 28.6 Å². The van der Waals surface area contributed by atoms with Gasteiger partial charge in [-0.25, -0.2) is 13.8 Å². The van der Waals surface area contributed by atoms with Crippen LogP contribution in [0.1, 0.15) is 29.2 Å². The van der Waals surface area contributed by atoms with Crippen LogP contribution in [-0.2, 0) is 12.7 Å². The van der Waals surface area contributed by atoms with Crippen LogP contribution in [0.2, 0.25) is 0 Å². The van der Waals surface area contributed by atoms with Crippen molar-refractivity contribution in [2.45, 2.75) is 25.7 Å². The monoisotopic (exact) mass is 378 g/mol. The Hall–Kier alpha value is -2.23. The summed E-state index contributed by atoms with van der Waals surface area (Å²) in [6.07, 6.45) is -4.48. The molecule has 2 aromatic rings. The summed E-state index contributed by atoms with van der Waals surface area (Å²) in [5, 5.41) is 6.96. The number of hydrogen-bond donors (Lipinski definition) is 2. The van der Waals surface area contributed by atoms with E-state index in [2.05, 4.69) is 20.6 Å². The van der Waals surface area contributed by atoms with Crippen LogP contribution in [-0.4, -0.2) is 18.0 Å². The van der Waals surface area contributed by atoms with Crippen molar-refractivity contribution < 1.29 is 22.0 Å². The number of benzene rings is 1. The number of alkyl halides is 3. The number of rotatable bonds is 4. The Bertz CT molecular complexity index is 757. The maximum Gasteiger partial charge on any atom is 0.434 e. The first-order valence-corrected chi connectivity index (χ1v) is 8.02. The molecule has 0 radical (unpaired) electrons. The molecule has 1 aromatic carbocycles. The smallest absolute Gasteiger partial charge is 0.350 e. The van der Waals surface area contributed by atoms with Gasteiger partial charge in [0.1, 0.15) is 5.01 Å². The average molecular weight is 378 g/mol. The number of aromatic nitrogens is 1. The molecule has 25 heavy (non-hydrogen) atoms. The van der Waals surface area contributed by atoms with Gasteiger partial charge in [-0.1, -0.05) is 6.07 Å². The molecule has 4 nitrogen and oxygen atoms in total. The average Bonchev–Trinajstić information content (AvgIpc) is 3.03. The van der Waals surface area contributed by atoms with E-state index in [4.69, 9.17) is 0 Å². The number of hydrogen-bond acceptors (Lipinski definition) is 3. The molecule has 0 spiro atoms. The number of guanidine groups is 1. The molecule has 1 atom stereocenters. The quantitative estimate of drug-likeness (QED) is 0.483. The van der Waals surface area contributed by atoms with E-state index in [1.807, 2.05) is 0 Å². The highest BCUT2D eigenvalue weighted by atomic mass is 32.1. The van der Waals surface area contributed by atoms with Crippen LogP contribution in [0.5, 0.6) is 0 Å². The summed E-state index contributed by atoms with van der Waals surface area (Å²) in [5.74, 6) is -1.61. The van der Waals surface area contributed by atoms with Crippen LogP contribution in [0.4, 0.5) is 22.0 Å². The van der Waals surface area contributed by atoms with Crippen LogP contribution < -0.4 is 10.6 Å². The largest absolute Gasteiger partial charge is 0.434 e. The third-order valence-electron chi connectivity index (χ3n) is 3.27. The minimum atomic E-state index is -4.48. The van der Waals surface area contributed by atoms with E-state index in [0.717, 1.165) is 28.8 Å². The van der Waals surface area contributed by atoms with E-state index < -0.39 is 29.5 Å². The van der Waals surface area contributed by atoms with Crippen LogP contribution >= 0.6 is 11.3 Å². The summed E-state index contributed by atoms with van der Waals surface area (Å²) >= 11 is 0.880. The summed E-state index contributed by atoms with van der Waals surface area (Å²) in [6.45, 7) is 1.76. The van der Waals surface area contributed by atoms with E-state index in [-0.39, 0.29) is 11.6 Å². The third-order valence-corrected chi connectivity index (χ3v) is 4.12. The molecule has 1 aromatic heterocycles. The molecule has 0 saturated heterocycles. The second-order valence-corrected chi connectivity index (χ2v) is 6.03. The highest BCUT2D eigenvalue weighted by Crippen LogP contribution is 2.29. The molecule has 0 aliphatic carbocycles. The minimum absolute atomic E-state index is 0.0465. The summed E-state index contributed by atoms with van der Waals surface area (Å²) in [4.78, 5) is 7.45. The van der Waals surface area contributed by atoms with Crippen molar-refractivity contribution in [3.63, 3.8) is 0 Å². The van der Waals surface area contributed by atoms with Gasteiger partial charge in [-0.15, -0.1) is 11.3 Å². The van der Waals surface area contributed by atoms with E-state index >= 15 is 0 Å². The summed E-state index contributed by atoms with van der Waals surface area (Å²) in [5.41, 5.74) is -0.442. The Morgan fingerprint density at radius 1 is 1.28 bits per heavy atom. The lowest BCUT2D eigenvalue weighted by molar-refractivity contribution is -0.140. The maximum atomic E-state index is 13.3. The van der Waals surface area contributed by atoms with E-state index in [1.165, 1.54) is 13.1 Å². The van der Waals surface area contributed by atoms with Gasteiger partial charge in [-0.05, 0) is 24.6 Å². The van der Waals surface area contributed by atoms with E-state index in [0.29, 0.717) is 11.5 Å². The highest BCUT2D eigenvalue weighted by Gasteiger charge is 2.33. The van der Waals surface area contributed by atoms with Gasteiger partial charge in [0.2, 0.25) is 0 Å². The Kier molecular flexibility index (Phi) is 5.93. The lowest BCUT2D eigenvalue weighted by Crippen LogP contribution is -2.38. The molecule has 0 amide bonds. The number of thiazole rings is 1. The van der Waals surface area contributed by atoms with Gasteiger partial charge in [0.15, 0.2) is 23.3 Å². The van der Waals surface area contributed by atoms with Crippen molar-refractivity contribution in [2.75, 3.05) is 7.05 Å². The fourth-order valence-corrected chi connectivity index (χ4v) is 2.69. The second-order valence-electron chi connectivity index (χ2n) is 5.09. The molecule has 0 aliphatic rings. The predicted octanol–water partition coefficient (Wildman–Crippen LogP) is 3.87. The van der Waals surface area contributed by atoms with E-state index in [9.17, 15) is 22.0 Å². The molecule has 136 valence electrons. The van der Waals surface area contributed by atoms with Gasteiger partial charge in [0.05, 0.1) is 12.6 Å². The number of nitrogens with zero attached hydrogens (tertiary/aromatic N) is 2. The molecule has 2 N–H and O–H groups in total. The summed E-state index contributed by atoms with van der Waals surface area (Å²) < 4.78 is 63.8. The third kappa shape index (κ3) is 5.12. The Labute approximate surface area is 144 Å². The van der Waals surface area contributed by atoms with E-state index in [1.54, 1.807) is 6.92 Å². The number of halogens is 5. The van der Waals surface area contributed by atoms with Crippen molar-refractivity contribution in [3.05, 3.63) is 51.5 Å². The fraction of sp³-hybridized carbons (Fsp3) is 0.333. The lowest BCUT2D eigenvalue weighted by atomic mass is 10.1. The lowest BCUT2D eigenvalue weighted by Gasteiger charge is -2.18. The number of aliphatic imine (C=N–C) groups is 1. The van der Waals surface area contributed by atoms with Crippen molar-refractivity contribution in [3.8, 4) is 0 Å². The van der Waals surface area contributed by atoms with Crippen molar-refractivity contribution >= 4 is 17.3 Å². The van der Waals surface area contributed by atoms with Gasteiger partial charge in [0.25, 0.3) is 0 Å². The van der Waals surface area contributed by atoms with Gasteiger partial charge in [-0.2, -0.15) is 13.2 Å². The highest BCUT2D eigenvalue weighted by molar-refractivity contribution is 7.09. The van der Waals surface area contributed by atoms with Gasteiger partial charge < -0.3 is 10.6 Å². The first-order valence-electron chi connectivity index (χ1n) is 7.14. The van der Waals surface area contributed by atoms with Crippen LogP contribution in [0, 0.1) is 11.6 Å². The first-order chi connectivity index (χ1) is 11.7. The number of nitrogens with one attached hydrogen (secondary N) is 2. The van der Waals surface area contributed by atoms with Crippen molar-refractivity contribution in [1.29, 1.82) is 0 Å². The molecule has 0 bridgehead atoms. The molecule has 0 aliphatic heterocycles. The first kappa shape index (κ1) is 19.1. The Balaban J connectivity index is 1.96. The van der Waals surface area contributed by atoms with Crippen molar-refractivity contribution in [2.24, 2.45) is 4.99 Å². The summed E-state index contributed by atoms with van der Waals surface area (Å²) in [6, 6.07) is 3.12. The summed E-state index contributed by atoms with van der Waals surface area (Å²) in [7, 11) is 1.48. The standard InChI is InChI=1S/C15H15F5N4S/c1-8(9-3-4-10(16)11(17)5-9)23-14(21-2)22-6-13-24-12(7-25-13)15(18,19)20/h3-5,7-8H,6H2,1-2H3,(H2,21,22,23). The Morgan fingerprint density at radius 3 is 2.56 bits per heavy atom. The van der Waals surface area contributed by atoms with Crippen LogP contribution in [0.25, 0.3) is 0 Å². The van der Waals surface area contributed by atoms with Gasteiger partial charge >= 0.3 is 6.18 Å². The predicted molar refractivity (Wildman–Crippen MR) is 85.2 cm³/mol. The molecule has 0 saturated carbocycles. The molecule has 10 heteroatoms. The normalized spacial score (nSPS) is 13.6. The van der Waals surface area contributed by atoms with Gasteiger partial charge in [-0.3, -0.25) is 4.99 Å². The van der Waals surface area contributed by atoms with Gasteiger partial charge in [0, 0.05) is 12.4 Å². The molecule has 1 unspecified atom stereocenters. The molecular weight excluding hydrogens is 363 g/mol. The minimum Gasteiger partial charge on any atom is -0.350 e. The Morgan fingerprint density at radius 2 is 2.00 bits per heavy atom. The SMILES string of the molecule is CN=C(NCc1nc(C(F)(F)F)cs1)NC(C)c1ccc(F)c(F)c1. The fourth-order valence-electron chi connectivity index (χ4n) is 1.95. The zero-order chi connectivity index (χ0) is 18.6. The molecular formula is C15H15F5N4S. The zero-order valence-electron chi connectivity index (χ0n) is 13.3. The molecule has 2 rings (SSSR count). The maximum absolute atomic E-state index is 13.3. The zero-order valence-corrected chi connectivity index (χ0v) is 14.1. The molecule has 0 fully saturated rings. The van der Waals surface area contributed by atoms with Crippen LogP contribution in [0.3, 0.4) is 0 Å². The topological polar surface area (TPSA) is 49.3 Å².